The van der Waals surface area contributed by atoms with Gasteiger partial charge in [-0.25, -0.2) is 43.3 Å². The van der Waals surface area contributed by atoms with Gasteiger partial charge in [0.1, 0.15) is 27.8 Å². The zero-order valence-corrected chi connectivity index (χ0v) is 20.5. The molecule has 0 saturated heterocycles. The Bertz CT molecular complexity index is 2060. The number of aromatic nitrogens is 4. The van der Waals surface area contributed by atoms with Crippen molar-refractivity contribution in [1.29, 1.82) is 0 Å². The molecule has 210 valence electrons. The Balaban J connectivity index is 2.23. The van der Waals surface area contributed by atoms with Crippen molar-refractivity contribution in [3.8, 4) is 0 Å². The van der Waals surface area contributed by atoms with Gasteiger partial charge in [0.05, 0.1) is 33.8 Å². The lowest BCUT2D eigenvalue weighted by Crippen LogP contribution is -2.15. The van der Waals surface area contributed by atoms with Gasteiger partial charge in [-0.05, 0) is 42.5 Å². The zero-order valence-electron chi connectivity index (χ0n) is 20.5. The number of hydrogen-bond donors (Lipinski definition) is 7. The minimum atomic E-state index is -2.13. The maximum Gasteiger partial charge on any atom is 0.416 e. The van der Waals surface area contributed by atoms with Gasteiger partial charge in [0.25, 0.3) is 0 Å². The van der Waals surface area contributed by atoms with E-state index in [1.54, 1.807) is 6.07 Å². The van der Waals surface area contributed by atoms with Gasteiger partial charge in [-0.1, -0.05) is 0 Å². The first-order chi connectivity index (χ1) is 19.8. The summed E-state index contributed by atoms with van der Waals surface area (Å²) in [5.74, 6) is -10.0. The molecule has 0 spiro atoms. The number of aromatic carboxylic acids is 3. The van der Waals surface area contributed by atoms with Gasteiger partial charge in [-0.2, -0.15) is 0 Å². The van der Waals surface area contributed by atoms with Crippen LogP contribution < -0.4 is 0 Å². The number of aromatic amines is 1. The third-order valence-corrected chi connectivity index (χ3v) is 6.21. The van der Waals surface area contributed by atoms with Crippen LogP contribution in [-0.2, 0) is 9.59 Å². The SMILES string of the molecule is O=C(O)C1=C(C(=O)O)c2nc1cc1ccc(cc3nc(cc4c(C(=O)O)c(C(=O)O)c(c2C(=O)O)n4C(=O)O)C=C3)[nH]1. The van der Waals surface area contributed by atoms with E-state index >= 15 is 0 Å². The van der Waals surface area contributed by atoms with Gasteiger partial charge in [0.15, 0.2) is 0 Å². The monoisotopic (exact) mass is 574 g/mol. The Morgan fingerprint density at radius 3 is 1.69 bits per heavy atom. The van der Waals surface area contributed by atoms with E-state index in [-0.39, 0.29) is 21.5 Å². The average molecular weight is 574 g/mol. The summed E-state index contributed by atoms with van der Waals surface area (Å²) < 4.78 is 0.0424. The molecule has 42 heavy (non-hydrogen) atoms. The van der Waals surface area contributed by atoms with E-state index < -0.39 is 86.2 Å². The number of carboxylic acid groups (broad SMARTS) is 6. The van der Waals surface area contributed by atoms with Crippen molar-refractivity contribution < 1.29 is 59.4 Å². The van der Waals surface area contributed by atoms with Crippen LogP contribution in [0.5, 0.6) is 0 Å². The first kappa shape index (κ1) is 27.0. The van der Waals surface area contributed by atoms with Crippen LogP contribution in [0.1, 0.15) is 53.8 Å². The Morgan fingerprint density at radius 1 is 0.619 bits per heavy atom. The van der Waals surface area contributed by atoms with Crippen LogP contribution in [0.3, 0.4) is 0 Å². The van der Waals surface area contributed by atoms with Gasteiger partial charge in [0.2, 0.25) is 0 Å². The van der Waals surface area contributed by atoms with E-state index in [9.17, 15) is 59.4 Å². The van der Waals surface area contributed by atoms with Crippen LogP contribution in [0.2, 0.25) is 0 Å². The van der Waals surface area contributed by atoms with Gasteiger partial charge < -0.3 is 35.6 Å². The summed E-state index contributed by atoms with van der Waals surface area (Å²) in [6.45, 7) is 0. The van der Waals surface area contributed by atoms with Gasteiger partial charge >= 0.3 is 35.9 Å². The van der Waals surface area contributed by atoms with Crippen molar-refractivity contribution in [3.05, 3.63) is 69.8 Å². The molecular weight excluding hydrogens is 560 g/mol. The molecule has 5 heterocycles. The molecule has 2 aliphatic heterocycles. The van der Waals surface area contributed by atoms with Crippen LogP contribution in [-0.4, -0.2) is 86.1 Å². The minimum Gasteiger partial charge on any atom is -0.478 e. The number of carbonyl (C=O) groups is 6. The van der Waals surface area contributed by atoms with Crippen molar-refractivity contribution in [2.45, 2.75) is 0 Å². The number of nitrogens with zero attached hydrogens (tertiary/aromatic N) is 3. The fourth-order valence-corrected chi connectivity index (χ4v) is 4.69. The van der Waals surface area contributed by atoms with Crippen molar-refractivity contribution >= 4 is 81.3 Å². The molecule has 0 atom stereocenters. The normalized spacial score (nSPS) is 12.3. The number of H-pyrrole nitrogens is 1. The van der Waals surface area contributed by atoms with Crippen molar-refractivity contribution in [1.82, 2.24) is 19.5 Å². The average Bonchev–Trinajstić information content (AvgIpc) is 3.64. The molecule has 0 unspecified atom stereocenters. The summed E-state index contributed by atoms with van der Waals surface area (Å²) in [6.07, 6.45) is 0.789. The van der Waals surface area contributed by atoms with Crippen LogP contribution >= 0.6 is 0 Å². The number of nitrogens with one attached hydrogen (secondary N) is 1. The van der Waals surface area contributed by atoms with Gasteiger partial charge in [0, 0.05) is 11.0 Å². The molecule has 0 saturated carbocycles. The van der Waals surface area contributed by atoms with E-state index in [4.69, 9.17) is 0 Å². The molecule has 2 aliphatic rings. The standard InChI is InChI=1S/C26H14N4O12/c31-21(32)14-12-6-10-3-1-8(27-10)5-9-2-4-11(28-9)7-13-15(22(33)34)17(24(37)38)20(30(13)26(41)42)18(25(39)40)19(29-12)16(14)23(35)36/h1-7,27H,(H,31,32)(H,33,34)(H,35,36)(H,37,38)(H,39,40)(H,41,42). The molecular formula is C26H14N4O12. The highest BCUT2D eigenvalue weighted by Gasteiger charge is 2.38. The van der Waals surface area contributed by atoms with E-state index in [0.717, 1.165) is 12.1 Å². The molecule has 8 bridgehead atoms. The van der Waals surface area contributed by atoms with Crippen LogP contribution in [0, 0.1) is 0 Å². The highest BCUT2D eigenvalue weighted by molar-refractivity contribution is 6.38. The Morgan fingerprint density at radius 2 is 1.17 bits per heavy atom. The Labute approximate surface area is 230 Å². The fourth-order valence-electron chi connectivity index (χ4n) is 4.69. The van der Waals surface area contributed by atoms with E-state index in [1.165, 1.54) is 24.3 Å². The quantitative estimate of drug-likeness (QED) is 0.181. The molecule has 5 rings (SSSR count). The van der Waals surface area contributed by atoms with Crippen molar-refractivity contribution in [3.63, 3.8) is 0 Å². The summed E-state index contributed by atoms with van der Waals surface area (Å²) >= 11 is 0. The van der Waals surface area contributed by atoms with Gasteiger partial charge in [-0.3, -0.25) is 0 Å². The predicted molar refractivity (Wildman–Crippen MR) is 140 cm³/mol. The van der Waals surface area contributed by atoms with Crippen LogP contribution in [0.4, 0.5) is 4.79 Å². The molecule has 0 aliphatic carbocycles. The highest BCUT2D eigenvalue weighted by Crippen LogP contribution is 2.36. The molecule has 3 aromatic heterocycles. The third-order valence-electron chi connectivity index (χ3n) is 6.21. The first-order valence-corrected chi connectivity index (χ1v) is 11.4. The smallest absolute Gasteiger partial charge is 0.416 e. The maximum atomic E-state index is 12.7. The Kier molecular flexibility index (Phi) is 6.15. The summed E-state index contributed by atoms with van der Waals surface area (Å²) in [4.78, 5) is 85.6. The first-order valence-electron chi connectivity index (χ1n) is 11.4. The number of carboxylic acids is 5. The topological polar surface area (TPSA) is 270 Å². The summed E-state index contributed by atoms with van der Waals surface area (Å²) in [5.41, 5.74) is -8.98. The summed E-state index contributed by atoms with van der Waals surface area (Å²) in [7, 11) is 0. The van der Waals surface area contributed by atoms with Crippen LogP contribution in [0.15, 0.2) is 30.3 Å². The molecule has 0 aromatic carbocycles. The molecule has 0 amide bonds. The van der Waals surface area contributed by atoms with Crippen molar-refractivity contribution in [2.24, 2.45) is 0 Å². The molecule has 0 radical (unpaired) electrons. The molecule has 7 N–H and O–H groups in total. The number of aliphatic carboxylic acids is 2. The lowest BCUT2D eigenvalue weighted by atomic mass is 10.00. The largest absolute Gasteiger partial charge is 0.478 e. The van der Waals surface area contributed by atoms with Crippen molar-refractivity contribution in [2.75, 3.05) is 0 Å². The summed E-state index contributed by atoms with van der Waals surface area (Å²) in [5, 5.41) is 60.2. The molecule has 16 nitrogen and oxygen atoms in total. The predicted octanol–water partition coefficient (Wildman–Crippen LogP) is 2.66. The van der Waals surface area contributed by atoms with E-state index in [0.29, 0.717) is 5.52 Å². The number of hydrogen-bond acceptors (Lipinski definition) is 8. The second kappa shape index (κ2) is 9.56. The lowest BCUT2D eigenvalue weighted by molar-refractivity contribution is -0.132. The highest BCUT2D eigenvalue weighted by atomic mass is 16.4. The molecule has 0 fully saturated rings. The second-order valence-corrected chi connectivity index (χ2v) is 8.70. The van der Waals surface area contributed by atoms with E-state index in [2.05, 4.69) is 15.0 Å². The molecule has 16 heteroatoms. The second-order valence-electron chi connectivity index (χ2n) is 8.70. The third kappa shape index (κ3) is 4.20. The van der Waals surface area contributed by atoms with E-state index in [1.807, 2.05) is 0 Å². The summed E-state index contributed by atoms with van der Waals surface area (Å²) in [6, 6.07) is 6.54. The number of fused-ring (bicyclic) bond motifs is 8. The lowest BCUT2D eigenvalue weighted by Gasteiger charge is -2.06. The Hall–Kier alpha value is -6.58. The van der Waals surface area contributed by atoms with Gasteiger partial charge in [-0.15, -0.1) is 0 Å². The number of rotatable bonds is 5. The molecule has 3 aromatic rings. The fraction of sp³-hybridized carbons (Fsp3) is 0. The van der Waals surface area contributed by atoms with Crippen LogP contribution in [0.25, 0.3) is 45.4 Å². The maximum absolute atomic E-state index is 12.7. The minimum absolute atomic E-state index is 0.0392. The zero-order chi connectivity index (χ0) is 30.6.